The summed E-state index contributed by atoms with van der Waals surface area (Å²) in [6.07, 6.45) is 0. The van der Waals surface area contributed by atoms with Crippen LogP contribution in [0.4, 0.5) is 5.69 Å². The van der Waals surface area contributed by atoms with Crippen LogP contribution in [-0.4, -0.2) is 34.2 Å². The van der Waals surface area contributed by atoms with Crippen molar-refractivity contribution in [2.45, 2.75) is 0 Å². The van der Waals surface area contributed by atoms with E-state index in [9.17, 15) is 20.0 Å². The molecule has 0 aliphatic rings. The molecule has 0 heterocycles. The Morgan fingerprint density at radius 1 is 1.50 bits per heavy atom. The van der Waals surface area contributed by atoms with E-state index in [1.54, 1.807) is 0 Å². The highest BCUT2D eigenvalue weighted by Crippen LogP contribution is 2.25. The van der Waals surface area contributed by atoms with E-state index in [1.165, 1.54) is 6.07 Å². The van der Waals surface area contributed by atoms with Gasteiger partial charge in [0.1, 0.15) is 0 Å². The van der Waals surface area contributed by atoms with Crippen LogP contribution in [-0.2, 0) is 0 Å². The zero-order chi connectivity index (χ0) is 12.1. The number of aromatic hydroxyl groups is 1. The van der Waals surface area contributed by atoms with Crippen LogP contribution in [0, 0.1) is 10.1 Å². The fourth-order valence-corrected chi connectivity index (χ4v) is 1.09. The molecule has 0 aromatic heterocycles. The van der Waals surface area contributed by atoms with E-state index >= 15 is 0 Å². The van der Waals surface area contributed by atoms with Gasteiger partial charge in [0.2, 0.25) is 0 Å². The zero-order valence-corrected chi connectivity index (χ0v) is 8.21. The first kappa shape index (κ1) is 11.9. The van der Waals surface area contributed by atoms with Crippen molar-refractivity contribution in [2.24, 2.45) is 0 Å². The second kappa shape index (κ2) is 5.08. The van der Waals surface area contributed by atoms with Gasteiger partial charge < -0.3 is 15.5 Å². The summed E-state index contributed by atoms with van der Waals surface area (Å²) in [4.78, 5) is 21.0. The summed E-state index contributed by atoms with van der Waals surface area (Å²) in [6, 6.07) is 3.28. The van der Waals surface area contributed by atoms with Gasteiger partial charge in [0.05, 0.1) is 11.5 Å². The number of amides is 1. The van der Waals surface area contributed by atoms with Gasteiger partial charge in [-0.25, -0.2) is 0 Å². The first-order valence-corrected chi connectivity index (χ1v) is 4.42. The number of nitrogens with one attached hydrogen (secondary N) is 1. The van der Waals surface area contributed by atoms with Gasteiger partial charge in [0.25, 0.3) is 5.91 Å². The number of phenols is 1. The van der Waals surface area contributed by atoms with Gasteiger partial charge in [-0.05, 0) is 12.1 Å². The van der Waals surface area contributed by atoms with Crippen LogP contribution in [0.1, 0.15) is 10.4 Å². The number of hydrogen-bond acceptors (Lipinski definition) is 5. The standard InChI is InChI=1S/C9H10N2O5/c12-4-3-10-9(14)6-1-2-7(11(15)16)8(13)5-6/h1-2,5,12-13H,3-4H2,(H,10,14). The summed E-state index contributed by atoms with van der Waals surface area (Å²) in [5.74, 6) is -1.08. The molecule has 1 amide bonds. The topological polar surface area (TPSA) is 113 Å². The van der Waals surface area contributed by atoms with Gasteiger partial charge in [-0.2, -0.15) is 0 Å². The largest absolute Gasteiger partial charge is 0.502 e. The van der Waals surface area contributed by atoms with Crippen molar-refractivity contribution in [1.82, 2.24) is 5.32 Å². The van der Waals surface area contributed by atoms with Crippen LogP contribution in [0.3, 0.4) is 0 Å². The molecule has 1 aromatic carbocycles. The average molecular weight is 226 g/mol. The lowest BCUT2D eigenvalue weighted by Crippen LogP contribution is -2.26. The van der Waals surface area contributed by atoms with E-state index in [0.29, 0.717) is 0 Å². The monoisotopic (exact) mass is 226 g/mol. The molecule has 3 N–H and O–H groups in total. The summed E-state index contributed by atoms with van der Waals surface area (Å²) < 4.78 is 0. The van der Waals surface area contributed by atoms with Gasteiger partial charge >= 0.3 is 5.69 Å². The number of rotatable bonds is 4. The van der Waals surface area contributed by atoms with E-state index in [0.717, 1.165) is 12.1 Å². The number of benzene rings is 1. The molecule has 0 saturated carbocycles. The predicted molar refractivity (Wildman–Crippen MR) is 54.2 cm³/mol. The fourth-order valence-electron chi connectivity index (χ4n) is 1.09. The smallest absolute Gasteiger partial charge is 0.310 e. The van der Waals surface area contributed by atoms with Crippen LogP contribution in [0.15, 0.2) is 18.2 Å². The number of hydrogen-bond donors (Lipinski definition) is 3. The summed E-state index contributed by atoms with van der Waals surface area (Å²) in [6.45, 7) is -0.124. The summed E-state index contributed by atoms with van der Waals surface area (Å²) in [5, 5.41) is 30.5. The highest BCUT2D eigenvalue weighted by atomic mass is 16.6. The van der Waals surface area contributed by atoms with Crippen molar-refractivity contribution in [1.29, 1.82) is 0 Å². The minimum absolute atomic E-state index is 0.0799. The Labute approximate surface area is 90.5 Å². The van der Waals surface area contributed by atoms with E-state index in [-0.39, 0.29) is 18.7 Å². The molecule has 0 aliphatic carbocycles. The SMILES string of the molecule is O=C(NCCO)c1ccc([N+](=O)[O-])c(O)c1. The fraction of sp³-hybridized carbons (Fsp3) is 0.222. The van der Waals surface area contributed by atoms with E-state index in [1.807, 2.05) is 0 Å². The lowest BCUT2D eigenvalue weighted by Gasteiger charge is -2.03. The number of carbonyl (C=O) groups excluding carboxylic acids is 1. The minimum atomic E-state index is -0.745. The maximum absolute atomic E-state index is 11.3. The van der Waals surface area contributed by atoms with Crippen LogP contribution in [0.25, 0.3) is 0 Å². The Morgan fingerprint density at radius 3 is 2.69 bits per heavy atom. The van der Waals surface area contributed by atoms with Crippen molar-refractivity contribution in [3.05, 3.63) is 33.9 Å². The summed E-state index contributed by atoms with van der Waals surface area (Å²) in [7, 11) is 0. The third kappa shape index (κ3) is 2.67. The van der Waals surface area contributed by atoms with Crippen LogP contribution >= 0.6 is 0 Å². The Bertz CT molecular complexity index is 418. The summed E-state index contributed by atoms with van der Waals surface area (Å²) >= 11 is 0. The van der Waals surface area contributed by atoms with Crippen molar-refractivity contribution in [3.8, 4) is 5.75 Å². The molecule has 0 aliphatic heterocycles. The van der Waals surface area contributed by atoms with E-state index in [2.05, 4.69) is 5.32 Å². The summed E-state index contributed by atoms with van der Waals surface area (Å²) in [5.41, 5.74) is -0.366. The first-order chi connectivity index (χ1) is 7.56. The lowest BCUT2D eigenvalue weighted by atomic mass is 10.2. The first-order valence-electron chi connectivity index (χ1n) is 4.42. The van der Waals surface area contributed by atoms with Crippen molar-refractivity contribution < 1.29 is 19.9 Å². The van der Waals surface area contributed by atoms with E-state index < -0.39 is 22.3 Å². The molecule has 1 rings (SSSR count). The number of aliphatic hydroxyl groups excluding tert-OH is 1. The highest BCUT2D eigenvalue weighted by molar-refractivity contribution is 5.95. The Kier molecular flexibility index (Phi) is 3.78. The van der Waals surface area contributed by atoms with Crippen molar-refractivity contribution in [2.75, 3.05) is 13.2 Å². The molecule has 86 valence electrons. The van der Waals surface area contributed by atoms with Crippen molar-refractivity contribution in [3.63, 3.8) is 0 Å². The lowest BCUT2D eigenvalue weighted by molar-refractivity contribution is -0.385. The van der Waals surface area contributed by atoms with Gasteiger partial charge in [0, 0.05) is 18.2 Å². The van der Waals surface area contributed by atoms with Crippen molar-refractivity contribution >= 4 is 11.6 Å². The number of aliphatic hydroxyl groups is 1. The Balaban J connectivity index is 2.88. The van der Waals surface area contributed by atoms with Gasteiger partial charge in [-0.15, -0.1) is 0 Å². The van der Waals surface area contributed by atoms with Crippen LogP contribution < -0.4 is 5.32 Å². The zero-order valence-electron chi connectivity index (χ0n) is 8.21. The van der Waals surface area contributed by atoms with Crippen LogP contribution in [0.5, 0.6) is 5.75 Å². The molecule has 0 bridgehead atoms. The molecule has 0 fully saturated rings. The number of nitro benzene ring substituents is 1. The Morgan fingerprint density at radius 2 is 2.19 bits per heavy atom. The van der Waals surface area contributed by atoms with Gasteiger partial charge in [-0.1, -0.05) is 0 Å². The highest BCUT2D eigenvalue weighted by Gasteiger charge is 2.15. The third-order valence-electron chi connectivity index (χ3n) is 1.83. The molecule has 0 radical (unpaired) electrons. The second-order valence-corrected chi connectivity index (χ2v) is 2.94. The number of phenolic OH excluding ortho intramolecular Hbond substituents is 1. The number of nitro groups is 1. The van der Waals surface area contributed by atoms with Gasteiger partial charge in [-0.3, -0.25) is 14.9 Å². The minimum Gasteiger partial charge on any atom is -0.502 e. The predicted octanol–water partition coefficient (Wildman–Crippen LogP) is 0.0225. The molecule has 0 atom stereocenters. The molecular formula is C9H10N2O5. The maximum atomic E-state index is 11.3. The average Bonchev–Trinajstić information content (AvgIpc) is 2.25. The van der Waals surface area contributed by atoms with Crippen LogP contribution in [0.2, 0.25) is 0 Å². The molecule has 0 spiro atoms. The normalized spacial score (nSPS) is 9.81. The Hall–Kier alpha value is -2.15. The molecule has 16 heavy (non-hydrogen) atoms. The second-order valence-electron chi connectivity index (χ2n) is 2.94. The number of carbonyl (C=O) groups is 1. The molecule has 0 unspecified atom stereocenters. The van der Waals surface area contributed by atoms with E-state index in [4.69, 9.17) is 5.11 Å². The number of nitrogens with zero attached hydrogens (tertiary/aromatic N) is 1. The molecule has 0 saturated heterocycles. The molecule has 7 heteroatoms. The maximum Gasteiger partial charge on any atom is 0.310 e. The quantitative estimate of drug-likeness (QED) is 0.495. The molecule has 7 nitrogen and oxygen atoms in total. The molecule has 1 aromatic rings. The third-order valence-corrected chi connectivity index (χ3v) is 1.83. The van der Waals surface area contributed by atoms with Gasteiger partial charge in [0.15, 0.2) is 5.75 Å². The molecular weight excluding hydrogens is 216 g/mol.